The average molecular weight is 344 g/mol. The number of amides is 1. The van der Waals surface area contributed by atoms with Crippen molar-refractivity contribution in [1.29, 1.82) is 0 Å². The number of hydrogen-bond donors (Lipinski definition) is 1. The molecule has 0 aliphatic carbocycles. The molecule has 0 atom stereocenters. The van der Waals surface area contributed by atoms with Crippen LogP contribution < -0.4 is 9.62 Å². The lowest BCUT2D eigenvalue weighted by Gasteiger charge is -2.12. The molecule has 0 fully saturated rings. The van der Waals surface area contributed by atoms with Gasteiger partial charge < -0.3 is 4.90 Å². The van der Waals surface area contributed by atoms with Crippen LogP contribution in [0.1, 0.15) is 22.8 Å². The first-order valence-corrected chi connectivity index (χ1v) is 8.79. The van der Waals surface area contributed by atoms with Gasteiger partial charge in [0, 0.05) is 24.0 Å². The summed E-state index contributed by atoms with van der Waals surface area (Å²) in [6, 6.07) is 10.8. The number of hydrogen-bond acceptors (Lipinski definition) is 4. The molecule has 7 heteroatoms. The van der Waals surface area contributed by atoms with E-state index in [1.807, 2.05) is 0 Å². The van der Waals surface area contributed by atoms with Crippen molar-refractivity contribution in [3.05, 3.63) is 53.6 Å². The lowest BCUT2D eigenvalue weighted by Crippen LogP contribution is -2.20. The minimum Gasteiger partial charge on any atom is -0.315 e. The van der Waals surface area contributed by atoms with Gasteiger partial charge in [-0.2, -0.15) is 0 Å². The van der Waals surface area contributed by atoms with Gasteiger partial charge in [0.2, 0.25) is 5.91 Å². The normalized spacial score (nSPS) is 13.8. The Balaban J connectivity index is 1.91. The molecular formula is C17H16N2O4S. The summed E-state index contributed by atoms with van der Waals surface area (Å²) in [5, 5.41) is 0. The van der Waals surface area contributed by atoms with Crippen LogP contribution in [0, 0.1) is 0 Å². The van der Waals surface area contributed by atoms with E-state index in [0.717, 1.165) is 11.3 Å². The third-order valence-corrected chi connectivity index (χ3v) is 5.34. The third-order valence-electron chi connectivity index (χ3n) is 3.96. The van der Waals surface area contributed by atoms with Crippen molar-refractivity contribution in [2.45, 2.75) is 18.2 Å². The Hall–Kier alpha value is -2.67. The maximum Gasteiger partial charge on any atom is 0.261 e. The number of rotatable bonds is 4. The smallest absolute Gasteiger partial charge is 0.261 e. The summed E-state index contributed by atoms with van der Waals surface area (Å²) in [7, 11) is -2.13. The fourth-order valence-corrected chi connectivity index (χ4v) is 3.72. The van der Waals surface area contributed by atoms with E-state index >= 15 is 0 Å². The number of ketones is 1. The number of carbonyl (C=O) groups is 2. The Morgan fingerprint density at radius 3 is 2.62 bits per heavy atom. The number of Topliss-reactive ketones (excluding diaryl/α,β-unsaturated/α-hetero) is 1. The molecule has 1 amide bonds. The maximum atomic E-state index is 12.5. The van der Waals surface area contributed by atoms with E-state index in [1.165, 1.54) is 25.1 Å². The highest BCUT2D eigenvalue weighted by atomic mass is 32.2. The number of fused-ring (bicyclic) bond motifs is 1. The lowest BCUT2D eigenvalue weighted by atomic mass is 10.1. The molecule has 2 aromatic rings. The van der Waals surface area contributed by atoms with Crippen molar-refractivity contribution in [1.82, 2.24) is 0 Å². The predicted molar refractivity (Wildman–Crippen MR) is 90.8 cm³/mol. The number of anilines is 2. The minimum atomic E-state index is -3.81. The van der Waals surface area contributed by atoms with Crippen molar-refractivity contribution in [3.63, 3.8) is 0 Å². The Labute approximate surface area is 140 Å². The van der Waals surface area contributed by atoms with Gasteiger partial charge in [-0.1, -0.05) is 12.1 Å². The van der Waals surface area contributed by atoms with E-state index in [1.54, 1.807) is 36.2 Å². The number of nitrogens with zero attached hydrogens (tertiary/aromatic N) is 1. The van der Waals surface area contributed by atoms with Gasteiger partial charge in [0.05, 0.1) is 11.3 Å². The zero-order chi connectivity index (χ0) is 17.5. The van der Waals surface area contributed by atoms with Gasteiger partial charge in [0.1, 0.15) is 0 Å². The summed E-state index contributed by atoms with van der Waals surface area (Å²) in [6.07, 6.45) is 0.251. The molecule has 0 unspecified atom stereocenters. The summed E-state index contributed by atoms with van der Waals surface area (Å²) in [4.78, 5) is 24.7. The first kappa shape index (κ1) is 16.2. The summed E-state index contributed by atoms with van der Waals surface area (Å²) in [6.45, 7) is 1.38. The maximum absolute atomic E-state index is 12.5. The van der Waals surface area contributed by atoms with Crippen molar-refractivity contribution < 1.29 is 18.0 Å². The highest BCUT2D eigenvalue weighted by Crippen LogP contribution is 2.30. The van der Waals surface area contributed by atoms with Crippen LogP contribution in [0.2, 0.25) is 0 Å². The standard InChI is InChI=1S/C17H16N2O4S/c1-11(20)12-4-3-5-15(9-12)24(22,23)18-14-6-7-16-13(8-14)10-17(21)19(16)2/h3-9,18H,10H2,1-2H3. The van der Waals surface area contributed by atoms with Crippen molar-refractivity contribution in [3.8, 4) is 0 Å². The molecule has 1 aliphatic rings. The fourth-order valence-electron chi connectivity index (χ4n) is 2.63. The molecule has 1 aliphatic heterocycles. The second-order valence-corrected chi connectivity index (χ2v) is 7.34. The summed E-state index contributed by atoms with van der Waals surface area (Å²) >= 11 is 0. The third kappa shape index (κ3) is 2.90. The second-order valence-electron chi connectivity index (χ2n) is 5.66. The number of sulfonamides is 1. The molecule has 6 nitrogen and oxygen atoms in total. The highest BCUT2D eigenvalue weighted by molar-refractivity contribution is 7.92. The topological polar surface area (TPSA) is 83.5 Å². The molecule has 0 radical (unpaired) electrons. The first-order chi connectivity index (χ1) is 11.3. The van der Waals surface area contributed by atoms with Gasteiger partial charge in [-0.15, -0.1) is 0 Å². The molecule has 0 saturated heterocycles. The van der Waals surface area contributed by atoms with E-state index in [-0.39, 0.29) is 23.0 Å². The second kappa shape index (κ2) is 5.76. The SMILES string of the molecule is CC(=O)c1cccc(S(=O)(=O)Nc2ccc3c(c2)CC(=O)N3C)c1. The summed E-state index contributed by atoms with van der Waals surface area (Å²) < 4.78 is 27.5. The molecule has 1 N–H and O–H groups in total. The Morgan fingerprint density at radius 1 is 1.17 bits per heavy atom. The van der Waals surface area contributed by atoms with Gasteiger partial charge in [-0.05, 0) is 42.8 Å². The number of likely N-dealkylation sites (N-methyl/N-ethyl adjacent to an activating group) is 1. The van der Waals surface area contributed by atoms with Crippen molar-refractivity contribution in [2.75, 3.05) is 16.7 Å². The van der Waals surface area contributed by atoms with Crippen LogP contribution in [0.3, 0.4) is 0 Å². The lowest BCUT2D eigenvalue weighted by molar-refractivity contribution is -0.117. The molecule has 3 rings (SSSR count). The molecule has 2 aromatic carbocycles. The molecule has 0 aromatic heterocycles. The van der Waals surface area contributed by atoms with Crippen LogP contribution in [0.5, 0.6) is 0 Å². The van der Waals surface area contributed by atoms with Crippen LogP contribution in [0.4, 0.5) is 11.4 Å². The van der Waals surface area contributed by atoms with Crippen LogP contribution in [-0.2, 0) is 21.2 Å². The summed E-state index contributed by atoms with van der Waals surface area (Å²) in [5.74, 6) is -0.231. The van der Waals surface area contributed by atoms with E-state index in [2.05, 4.69) is 4.72 Å². The van der Waals surface area contributed by atoms with E-state index in [4.69, 9.17) is 0 Å². The van der Waals surface area contributed by atoms with Crippen LogP contribution >= 0.6 is 0 Å². The number of benzene rings is 2. The minimum absolute atomic E-state index is 0.0175. The van der Waals surface area contributed by atoms with E-state index < -0.39 is 10.0 Å². The number of nitrogens with one attached hydrogen (secondary N) is 1. The zero-order valence-electron chi connectivity index (χ0n) is 13.2. The molecule has 0 bridgehead atoms. The Morgan fingerprint density at radius 2 is 1.92 bits per heavy atom. The van der Waals surface area contributed by atoms with Crippen molar-refractivity contribution >= 4 is 33.1 Å². The quantitative estimate of drug-likeness (QED) is 0.862. The van der Waals surface area contributed by atoms with Crippen LogP contribution in [0.15, 0.2) is 47.4 Å². The van der Waals surface area contributed by atoms with Gasteiger partial charge in [0.25, 0.3) is 10.0 Å². The highest BCUT2D eigenvalue weighted by Gasteiger charge is 2.24. The molecule has 1 heterocycles. The number of carbonyl (C=O) groups excluding carboxylic acids is 2. The predicted octanol–water partition coefficient (Wildman–Crippen LogP) is 2.21. The van der Waals surface area contributed by atoms with Gasteiger partial charge in [-0.3, -0.25) is 14.3 Å². The van der Waals surface area contributed by atoms with Crippen molar-refractivity contribution in [2.24, 2.45) is 0 Å². The van der Waals surface area contributed by atoms with E-state index in [0.29, 0.717) is 11.3 Å². The summed E-state index contributed by atoms with van der Waals surface area (Å²) in [5.41, 5.74) is 2.27. The molecule has 0 spiro atoms. The zero-order valence-corrected chi connectivity index (χ0v) is 14.1. The van der Waals surface area contributed by atoms with Gasteiger partial charge >= 0.3 is 0 Å². The van der Waals surface area contributed by atoms with E-state index in [9.17, 15) is 18.0 Å². The molecule has 124 valence electrons. The van der Waals surface area contributed by atoms with Crippen LogP contribution in [-0.4, -0.2) is 27.2 Å². The van der Waals surface area contributed by atoms with Gasteiger partial charge in [0.15, 0.2) is 5.78 Å². The monoisotopic (exact) mass is 344 g/mol. The Kier molecular flexibility index (Phi) is 3.88. The Bertz CT molecular complexity index is 951. The van der Waals surface area contributed by atoms with Gasteiger partial charge in [-0.25, -0.2) is 8.42 Å². The molecule has 0 saturated carbocycles. The molecular weight excluding hydrogens is 328 g/mol. The largest absolute Gasteiger partial charge is 0.315 e. The first-order valence-electron chi connectivity index (χ1n) is 7.31. The van der Waals surface area contributed by atoms with Crippen LogP contribution in [0.25, 0.3) is 0 Å². The average Bonchev–Trinajstić information content (AvgIpc) is 2.81. The fraction of sp³-hybridized carbons (Fsp3) is 0.176. The molecule has 24 heavy (non-hydrogen) atoms.